The molecule has 0 fully saturated rings. The van der Waals surface area contributed by atoms with Gasteiger partial charge in [0.25, 0.3) is 5.69 Å². The number of nitro groups is 1. The number of aliphatic carboxylic acids is 1. The molecule has 9 heteroatoms. The van der Waals surface area contributed by atoms with Crippen LogP contribution in [0, 0.1) is 17.0 Å². The molecular formula is C17H18N2O6S. The summed E-state index contributed by atoms with van der Waals surface area (Å²) < 4.78 is 27.7. The lowest BCUT2D eigenvalue weighted by atomic mass is 10.0. The van der Waals surface area contributed by atoms with E-state index in [1.807, 2.05) is 0 Å². The van der Waals surface area contributed by atoms with Crippen LogP contribution in [0.2, 0.25) is 0 Å². The normalized spacial score (nSPS) is 12.0. The maximum atomic E-state index is 12.8. The second kappa shape index (κ2) is 6.85. The summed E-state index contributed by atoms with van der Waals surface area (Å²) in [6.07, 6.45) is 0. The predicted octanol–water partition coefficient (Wildman–Crippen LogP) is 2.71. The molecule has 26 heavy (non-hydrogen) atoms. The smallest absolute Gasteiger partial charge is 0.324 e. The Labute approximate surface area is 150 Å². The molecule has 8 nitrogen and oxygen atoms in total. The maximum absolute atomic E-state index is 12.8. The molecule has 138 valence electrons. The highest BCUT2D eigenvalue weighted by Crippen LogP contribution is 2.30. The first-order chi connectivity index (χ1) is 11.9. The molecule has 0 aliphatic heterocycles. The van der Waals surface area contributed by atoms with Crippen LogP contribution in [0.15, 0.2) is 47.4 Å². The molecule has 0 aromatic heterocycles. The van der Waals surface area contributed by atoms with Gasteiger partial charge in [0.05, 0.1) is 9.82 Å². The van der Waals surface area contributed by atoms with Crippen molar-refractivity contribution in [2.24, 2.45) is 0 Å². The van der Waals surface area contributed by atoms with Crippen molar-refractivity contribution >= 4 is 21.7 Å². The molecule has 0 saturated carbocycles. The Morgan fingerprint density at radius 1 is 1.15 bits per heavy atom. The van der Waals surface area contributed by atoms with Gasteiger partial charge in [0, 0.05) is 17.7 Å². The van der Waals surface area contributed by atoms with Crippen LogP contribution in [0.3, 0.4) is 0 Å². The number of carboxylic acids is 1. The molecule has 2 aromatic rings. The van der Waals surface area contributed by atoms with Crippen LogP contribution in [0.4, 0.5) is 5.69 Å². The second-order valence-electron chi connectivity index (χ2n) is 6.34. The van der Waals surface area contributed by atoms with Crippen LogP contribution >= 0.6 is 0 Å². The SMILES string of the molecule is Cc1ccc(S(=O)(=O)NC(C)(C)C(=O)O)c(-c2ccc([N+](=O)[O-])cc2)c1. The minimum atomic E-state index is -4.15. The van der Waals surface area contributed by atoms with Gasteiger partial charge in [-0.3, -0.25) is 14.9 Å². The van der Waals surface area contributed by atoms with Gasteiger partial charge in [0.1, 0.15) is 5.54 Å². The summed E-state index contributed by atoms with van der Waals surface area (Å²) in [6.45, 7) is 4.26. The summed E-state index contributed by atoms with van der Waals surface area (Å²) >= 11 is 0. The van der Waals surface area contributed by atoms with E-state index in [2.05, 4.69) is 4.72 Å². The summed E-state index contributed by atoms with van der Waals surface area (Å²) in [5.41, 5.74) is -0.233. The molecule has 0 aliphatic carbocycles. The Kier molecular flexibility index (Phi) is 5.15. The van der Waals surface area contributed by atoms with Crippen LogP contribution in [-0.2, 0) is 14.8 Å². The van der Waals surface area contributed by atoms with Gasteiger partial charge in [-0.25, -0.2) is 8.42 Å². The highest BCUT2D eigenvalue weighted by molar-refractivity contribution is 7.89. The van der Waals surface area contributed by atoms with Crippen LogP contribution in [-0.4, -0.2) is 30.0 Å². The molecule has 0 atom stereocenters. The van der Waals surface area contributed by atoms with Gasteiger partial charge in [-0.15, -0.1) is 0 Å². The first-order valence-electron chi connectivity index (χ1n) is 7.57. The Bertz CT molecular complexity index is 965. The average molecular weight is 378 g/mol. The summed E-state index contributed by atoms with van der Waals surface area (Å²) in [7, 11) is -4.15. The quantitative estimate of drug-likeness (QED) is 0.588. The zero-order valence-electron chi connectivity index (χ0n) is 14.4. The van der Waals surface area contributed by atoms with Crippen LogP contribution in [0.25, 0.3) is 11.1 Å². The first kappa shape index (κ1) is 19.5. The lowest BCUT2D eigenvalue weighted by Gasteiger charge is -2.22. The molecule has 0 unspecified atom stereocenters. The lowest BCUT2D eigenvalue weighted by Crippen LogP contribution is -2.49. The topological polar surface area (TPSA) is 127 Å². The van der Waals surface area contributed by atoms with E-state index in [1.54, 1.807) is 19.1 Å². The number of rotatable bonds is 6. The zero-order valence-corrected chi connectivity index (χ0v) is 15.2. The fourth-order valence-electron chi connectivity index (χ4n) is 2.30. The van der Waals surface area contributed by atoms with Crippen molar-refractivity contribution in [2.45, 2.75) is 31.2 Å². The lowest BCUT2D eigenvalue weighted by molar-refractivity contribution is -0.384. The minimum absolute atomic E-state index is 0.105. The van der Waals surface area contributed by atoms with Crippen molar-refractivity contribution < 1.29 is 23.2 Å². The second-order valence-corrected chi connectivity index (χ2v) is 7.99. The van der Waals surface area contributed by atoms with Gasteiger partial charge >= 0.3 is 5.97 Å². The van der Waals surface area contributed by atoms with Crippen molar-refractivity contribution in [3.05, 3.63) is 58.1 Å². The number of nitrogens with zero attached hydrogens (tertiary/aromatic N) is 1. The largest absolute Gasteiger partial charge is 0.480 e. The molecule has 0 radical (unpaired) electrons. The van der Waals surface area contributed by atoms with Gasteiger partial charge in [0.15, 0.2) is 0 Å². The van der Waals surface area contributed by atoms with Gasteiger partial charge in [0.2, 0.25) is 10.0 Å². The van der Waals surface area contributed by atoms with E-state index < -0.39 is 26.5 Å². The van der Waals surface area contributed by atoms with E-state index >= 15 is 0 Å². The van der Waals surface area contributed by atoms with Crippen molar-refractivity contribution in [1.82, 2.24) is 4.72 Å². The predicted molar refractivity (Wildman–Crippen MR) is 95.3 cm³/mol. The van der Waals surface area contributed by atoms with Crippen LogP contribution < -0.4 is 4.72 Å². The number of sulfonamides is 1. The summed E-state index contributed by atoms with van der Waals surface area (Å²) in [4.78, 5) is 21.4. The fourth-order valence-corrected chi connectivity index (χ4v) is 3.88. The average Bonchev–Trinajstić information content (AvgIpc) is 2.53. The summed E-state index contributed by atoms with van der Waals surface area (Å²) in [5, 5.41) is 20.0. The monoisotopic (exact) mass is 378 g/mol. The Hall–Kier alpha value is -2.78. The molecule has 0 amide bonds. The summed E-state index contributed by atoms with van der Waals surface area (Å²) in [5.74, 6) is -1.31. The molecule has 0 bridgehead atoms. The molecule has 0 saturated heterocycles. The number of non-ortho nitro benzene ring substituents is 1. The molecule has 0 heterocycles. The fraction of sp³-hybridized carbons (Fsp3) is 0.235. The third-order valence-corrected chi connectivity index (χ3v) is 5.45. The Balaban J connectivity index is 2.57. The van der Waals surface area contributed by atoms with Gasteiger partial charge in [-0.2, -0.15) is 4.72 Å². The number of nitro benzene ring substituents is 1. The maximum Gasteiger partial charge on any atom is 0.324 e. The van der Waals surface area contributed by atoms with Gasteiger partial charge in [-0.05, 0) is 44.5 Å². The first-order valence-corrected chi connectivity index (χ1v) is 9.05. The van der Waals surface area contributed by atoms with E-state index in [4.69, 9.17) is 0 Å². The Morgan fingerprint density at radius 3 is 2.23 bits per heavy atom. The number of benzene rings is 2. The van der Waals surface area contributed by atoms with Gasteiger partial charge < -0.3 is 5.11 Å². The third kappa shape index (κ3) is 4.06. The third-order valence-electron chi connectivity index (χ3n) is 3.74. The molecular weight excluding hydrogens is 360 g/mol. The molecule has 0 spiro atoms. The Morgan fingerprint density at radius 2 is 1.73 bits per heavy atom. The molecule has 2 rings (SSSR count). The van der Waals surface area contributed by atoms with Crippen molar-refractivity contribution in [1.29, 1.82) is 0 Å². The standard InChI is InChI=1S/C17H18N2O6S/c1-11-4-9-15(26(24,25)18-17(2,3)16(20)21)14(10-11)12-5-7-13(8-6-12)19(22)23/h4-10,18H,1-3H3,(H,20,21). The van der Waals surface area contributed by atoms with Crippen LogP contribution in [0.5, 0.6) is 0 Å². The number of nitrogens with one attached hydrogen (secondary N) is 1. The van der Waals surface area contributed by atoms with E-state index in [0.29, 0.717) is 11.1 Å². The van der Waals surface area contributed by atoms with Gasteiger partial charge in [-0.1, -0.05) is 17.7 Å². The highest BCUT2D eigenvalue weighted by Gasteiger charge is 2.34. The number of aryl methyl sites for hydroxylation is 1. The number of carbonyl (C=O) groups is 1. The molecule has 2 aromatic carbocycles. The van der Waals surface area contributed by atoms with E-state index in [0.717, 1.165) is 5.56 Å². The summed E-state index contributed by atoms with van der Waals surface area (Å²) in [6, 6.07) is 10.1. The number of hydrogen-bond donors (Lipinski definition) is 2. The van der Waals surface area contributed by atoms with Crippen LogP contribution in [0.1, 0.15) is 19.4 Å². The van der Waals surface area contributed by atoms with Crippen molar-refractivity contribution in [3.8, 4) is 11.1 Å². The molecule has 2 N–H and O–H groups in total. The van der Waals surface area contributed by atoms with E-state index in [-0.39, 0.29) is 10.6 Å². The zero-order chi connectivity index (χ0) is 19.7. The van der Waals surface area contributed by atoms with E-state index in [1.165, 1.54) is 44.2 Å². The number of hydrogen-bond acceptors (Lipinski definition) is 5. The molecule has 0 aliphatic rings. The number of carboxylic acid groups (broad SMARTS) is 1. The minimum Gasteiger partial charge on any atom is -0.480 e. The highest BCUT2D eigenvalue weighted by atomic mass is 32.2. The van der Waals surface area contributed by atoms with E-state index in [9.17, 15) is 28.4 Å². The van der Waals surface area contributed by atoms with Crippen molar-refractivity contribution in [2.75, 3.05) is 0 Å². The van der Waals surface area contributed by atoms with Crippen molar-refractivity contribution in [3.63, 3.8) is 0 Å².